The molecular formula is CH4O8S2. The van der Waals surface area contributed by atoms with Crippen LogP contribution in [0.1, 0.15) is 0 Å². The van der Waals surface area contributed by atoms with Gasteiger partial charge in [0.05, 0.1) is 0 Å². The second kappa shape index (κ2) is 3.42. The smallest absolute Gasteiger partial charge is 0.263 e. The SMILES string of the molecule is O=S(=O)(O)OCOS(=O)(=O)O. The van der Waals surface area contributed by atoms with Crippen molar-refractivity contribution in [2.75, 3.05) is 6.79 Å². The van der Waals surface area contributed by atoms with Crippen molar-refractivity contribution >= 4 is 20.8 Å². The van der Waals surface area contributed by atoms with E-state index in [1.807, 2.05) is 0 Å². The van der Waals surface area contributed by atoms with Crippen molar-refractivity contribution in [3.05, 3.63) is 0 Å². The van der Waals surface area contributed by atoms with E-state index in [0.29, 0.717) is 0 Å². The summed E-state index contributed by atoms with van der Waals surface area (Å²) in [5.74, 6) is 0. The van der Waals surface area contributed by atoms with Gasteiger partial charge in [-0.05, 0) is 0 Å². The quantitative estimate of drug-likeness (QED) is 0.425. The second-order valence-corrected chi connectivity index (χ2v) is 3.39. The molecule has 0 aliphatic heterocycles. The predicted octanol–water partition coefficient (Wildman–Crippen LogP) is -1.42. The summed E-state index contributed by atoms with van der Waals surface area (Å²) in [6, 6.07) is 0. The summed E-state index contributed by atoms with van der Waals surface area (Å²) in [6.07, 6.45) is 0. The average molecular weight is 208 g/mol. The van der Waals surface area contributed by atoms with Crippen LogP contribution in [-0.2, 0) is 29.2 Å². The van der Waals surface area contributed by atoms with Gasteiger partial charge in [-0.25, -0.2) is 8.37 Å². The van der Waals surface area contributed by atoms with Crippen LogP contribution in [0.25, 0.3) is 0 Å². The summed E-state index contributed by atoms with van der Waals surface area (Å²) in [4.78, 5) is 0. The molecule has 0 saturated heterocycles. The molecule has 11 heavy (non-hydrogen) atoms. The minimum atomic E-state index is -4.75. The Morgan fingerprint density at radius 2 is 1.18 bits per heavy atom. The molecule has 0 heterocycles. The fourth-order valence-corrected chi connectivity index (χ4v) is 0.542. The van der Waals surface area contributed by atoms with Gasteiger partial charge in [0.2, 0.25) is 0 Å². The van der Waals surface area contributed by atoms with Crippen molar-refractivity contribution in [1.82, 2.24) is 0 Å². The zero-order chi connectivity index (χ0) is 9.12. The summed E-state index contributed by atoms with van der Waals surface area (Å²) in [6.45, 7) is -1.31. The summed E-state index contributed by atoms with van der Waals surface area (Å²) in [5.41, 5.74) is 0. The molecule has 10 heteroatoms. The van der Waals surface area contributed by atoms with E-state index in [9.17, 15) is 16.8 Å². The lowest BCUT2D eigenvalue weighted by Gasteiger charge is -1.96. The minimum absolute atomic E-state index is 1.31. The lowest BCUT2D eigenvalue weighted by molar-refractivity contribution is 0.105. The third-order valence-corrected chi connectivity index (χ3v) is 1.18. The van der Waals surface area contributed by atoms with Gasteiger partial charge < -0.3 is 0 Å². The molecule has 0 bridgehead atoms. The summed E-state index contributed by atoms with van der Waals surface area (Å²) >= 11 is 0. The minimum Gasteiger partial charge on any atom is -0.263 e. The van der Waals surface area contributed by atoms with Crippen LogP contribution in [0.3, 0.4) is 0 Å². The highest BCUT2D eigenvalue weighted by molar-refractivity contribution is 7.81. The lowest BCUT2D eigenvalue weighted by Crippen LogP contribution is -2.11. The molecule has 0 saturated carbocycles. The van der Waals surface area contributed by atoms with Crippen LogP contribution in [0.2, 0.25) is 0 Å². The molecule has 0 atom stereocenters. The first-order valence-corrected chi connectivity index (χ1v) is 4.67. The van der Waals surface area contributed by atoms with Crippen molar-refractivity contribution in [3.63, 3.8) is 0 Å². The van der Waals surface area contributed by atoms with Gasteiger partial charge in [-0.15, -0.1) is 0 Å². The Morgan fingerprint density at radius 3 is 1.36 bits per heavy atom. The van der Waals surface area contributed by atoms with Gasteiger partial charge in [0.15, 0.2) is 6.79 Å². The lowest BCUT2D eigenvalue weighted by atomic mass is 11.6. The Morgan fingerprint density at radius 1 is 0.909 bits per heavy atom. The molecule has 0 unspecified atom stereocenters. The summed E-state index contributed by atoms with van der Waals surface area (Å²) < 4.78 is 61.1. The normalized spacial score (nSPS) is 13.3. The molecule has 0 radical (unpaired) electrons. The highest BCUT2D eigenvalue weighted by Crippen LogP contribution is 1.90. The molecule has 0 aliphatic rings. The highest BCUT2D eigenvalue weighted by atomic mass is 32.3. The standard InChI is InChI=1S/CH4O8S2/c2-10(3,4)8-1-9-11(5,6)7/h1H2,(H,2,3,4)(H,5,6,7). The molecule has 8 nitrogen and oxygen atoms in total. The monoisotopic (exact) mass is 208 g/mol. The zero-order valence-electron chi connectivity index (χ0n) is 4.87. The molecule has 0 amide bonds. The van der Waals surface area contributed by atoms with Crippen LogP contribution in [0.15, 0.2) is 0 Å². The van der Waals surface area contributed by atoms with Gasteiger partial charge in [-0.3, -0.25) is 9.11 Å². The number of hydrogen-bond donors (Lipinski definition) is 2. The van der Waals surface area contributed by atoms with E-state index in [1.54, 1.807) is 0 Å². The third-order valence-electron chi connectivity index (χ3n) is 0.394. The highest BCUT2D eigenvalue weighted by Gasteiger charge is 2.08. The summed E-state index contributed by atoms with van der Waals surface area (Å²) in [5, 5.41) is 0. The Labute approximate surface area is 62.6 Å². The largest absolute Gasteiger partial charge is 0.399 e. The van der Waals surface area contributed by atoms with Gasteiger partial charge in [0, 0.05) is 0 Å². The van der Waals surface area contributed by atoms with E-state index >= 15 is 0 Å². The van der Waals surface area contributed by atoms with E-state index in [-0.39, 0.29) is 0 Å². The molecule has 0 spiro atoms. The van der Waals surface area contributed by atoms with Gasteiger partial charge in [0.25, 0.3) is 0 Å². The molecule has 0 fully saturated rings. The maximum Gasteiger partial charge on any atom is 0.399 e. The third kappa shape index (κ3) is 9.74. The topological polar surface area (TPSA) is 127 Å². The molecule has 0 aromatic rings. The molecule has 68 valence electrons. The van der Waals surface area contributed by atoms with Crippen molar-refractivity contribution in [2.45, 2.75) is 0 Å². The number of hydrogen-bond acceptors (Lipinski definition) is 6. The van der Waals surface area contributed by atoms with Crippen molar-refractivity contribution in [3.8, 4) is 0 Å². The molecule has 2 N–H and O–H groups in total. The van der Waals surface area contributed by atoms with Gasteiger partial charge in [-0.2, -0.15) is 16.8 Å². The molecule has 0 aromatic heterocycles. The zero-order valence-corrected chi connectivity index (χ0v) is 6.50. The first-order chi connectivity index (χ1) is 4.71. The van der Waals surface area contributed by atoms with Crippen LogP contribution >= 0.6 is 0 Å². The van der Waals surface area contributed by atoms with Crippen LogP contribution < -0.4 is 0 Å². The van der Waals surface area contributed by atoms with Gasteiger partial charge in [-0.1, -0.05) is 0 Å². The molecule has 0 aliphatic carbocycles. The van der Waals surface area contributed by atoms with Crippen LogP contribution in [0.4, 0.5) is 0 Å². The first-order valence-electron chi connectivity index (χ1n) is 1.94. The van der Waals surface area contributed by atoms with Crippen LogP contribution in [-0.4, -0.2) is 32.7 Å². The first kappa shape index (κ1) is 10.7. The van der Waals surface area contributed by atoms with Crippen molar-refractivity contribution in [2.24, 2.45) is 0 Å². The predicted molar refractivity (Wildman–Crippen MR) is 30.1 cm³/mol. The average Bonchev–Trinajstić information content (AvgIpc) is 1.55. The van der Waals surface area contributed by atoms with Crippen LogP contribution in [0, 0.1) is 0 Å². The Hall–Kier alpha value is -0.260. The van der Waals surface area contributed by atoms with Gasteiger partial charge >= 0.3 is 20.8 Å². The Bertz CT molecular complexity index is 261. The molecule has 0 aromatic carbocycles. The Kier molecular flexibility index (Phi) is 3.34. The van der Waals surface area contributed by atoms with Crippen LogP contribution in [0.5, 0.6) is 0 Å². The fourth-order valence-electron chi connectivity index (χ4n) is 0.141. The summed E-state index contributed by atoms with van der Waals surface area (Å²) in [7, 11) is -9.49. The maximum atomic E-state index is 9.69. The van der Waals surface area contributed by atoms with E-state index < -0.39 is 27.6 Å². The van der Waals surface area contributed by atoms with Crippen molar-refractivity contribution < 1.29 is 34.3 Å². The van der Waals surface area contributed by atoms with E-state index in [4.69, 9.17) is 9.11 Å². The Balaban J connectivity index is 3.79. The maximum absolute atomic E-state index is 9.69. The second-order valence-electron chi connectivity index (χ2n) is 1.21. The number of rotatable bonds is 4. The van der Waals surface area contributed by atoms with Gasteiger partial charge in [0.1, 0.15) is 0 Å². The molecular weight excluding hydrogens is 204 g/mol. The van der Waals surface area contributed by atoms with E-state index in [0.717, 1.165) is 0 Å². The van der Waals surface area contributed by atoms with Crippen molar-refractivity contribution in [1.29, 1.82) is 0 Å². The van der Waals surface area contributed by atoms with E-state index in [1.165, 1.54) is 0 Å². The van der Waals surface area contributed by atoms with E-state index in [2.05, 4.69) is 8.37 Å². The fraction of sp³-hybridized carbons (Fsp3) is 1.00. The molecule has 0 rings (SSSR count).